The fourth-order valence-electron chi connectivity index (χ4n) is 4.42. The molecule has 2 bridgehead atoms. The van der Waals surface area contributed by atoms with Gasteiger partial charge < -0.3 is 15.0 Å². The lowest BCUT2D eigenvalue weighted by Gasteiger charge is -2.32. The fourth-order valence-corrected chi connectivity index (χ4v) is 4.42. The summed E-state index contributed by atoms with van der Waals surface area (Å²) in [6.07, 6.45) is 10.4. The molecule has 1 aromatic heterocycles. The van der Waals surface area contributed by atoms with Crippen LogP contribution in [0.4, 0.5) is 4.39 Å². The number of aromatic nitrogens is 1. The van der Waals surface area contributed by atoms with Crippen molar-refractivity contribution in [2.24, 2.45) is 11.8 Å². The molecule has 4 nitrogen and oxygen atoms in total. The summed E-state index contributed by atoms with van der Waals surface area (Å²) in [6.45, 7) is 0.674. The van der Waals surface area contributed by atoms with Crippen LogP contribution in [0.25, 0.3) is 11.1 Å². The number of hydrogen-bond acceptors (Lipinski definition) is 2. The number of carbonyl (C=O) groups is 1. The van der Waals surface area contributed by atoms with Gasteiger partial charge in [-0.1, -0.05) is 11.6 Å². The van der Waals surface area contributed by atoms with Crippen LogP contribution in [0.15, 0.2) is 42.1 Å². The highest BCUT2D eigenvalue weighted by Gasteiger charge is 2.26. The third kappa shape index (κ3) is 3.92. The molecule has 5 heteroatoms. The normalized spacial score (nSPS) is 21.5. The van der Waals surface area contributed by atoms with E-state index in [9.17, 15) is 9.18 Å². The van der Waals surface area contributed by atoms with Crippen LogP contribution < -0.4 is 10.1 Å². The van der Waals surface area contributed by atoms with Gasteiger partial charge in [0.15, 0.2) is 0 Å². The molecule has 0 radical (unpaired) electrons. The maximum Gasteiger partial charge on any atom is 0.267 e. The lowest BCUT2D eigenvalue weighted by Crippen LogP contribution is -2.32. The van der Waals surface area contributed by atoms with Gasteiger partial charge >= 0.3 is 0 Å². The molecule has 27 heavy (non-hydrogen) atoms. The Hall–Kier alpha value is -2.56. The Morgan fingerprint density at radius 3 is 3.07 bits per heavy atom. The molecule has 2 N–H and O–H groups in total. The van der Waals surface area contributed by atoms with Gasteiger partial charge in [-0.05, 0) is 62.1 Å². The predicted molar refractivity (Wildman–Crippen MR) is 103 cm³/mol. The van der Waals surface area contributed by atoms with Gasteiger partial charge in [0.2, 0.25) is 0 Å². The molecule has 2 aliphatic carbocycles. The number of allylic oxidation sites excluding steroid dienone is 1. The van der Waals surface area contributed by atoms with Crippen LogP contribution in [0.2, 0.25) is 0 Å². The van der Waals surface area contributed by atoms with Crippen LogP contribution in [0.5, 0.6) is 5.75 Å². The number of methoxy groups -OCH3 is 1. The third-order valence-corrected chi connectivity index (χ3v) is 5.70. The van der Waals surface area contributed by atoms with Crippen molar-refractivity contribution in [1.82, 2.24) is 10.3 Å². The number of amides is 1. The van der Waals surface area contributed by atoms with E-state index in [4.69, 9.17) is 4.74 Å². The van der Waals surface area contributed by atoms with E-state index in [0.717, 1.165) is 17.0 Å². The molecule has 1 saturated carbocycles. The number of carbonyl (C=O) groups excluding carboxylic acids is 1. The molecular formula is C22H25FN2O2. The molecular weight excluding hydrogens is 343 g/mol. The van der Waals surface area contributed by atoms with Crippen molar-refractivity contribution in [2.75, 3.05) is 13.7 Å². The number of aromatic amines is 1. The predicted octanol–water partition coefficient (Wildman–Crippen LogP) is 4.70. The summed E-state index contributed by atoms with van der Waals surface area (Å²) in [5.74, 6) is 1.21. The molecule has 1 heterocycles. The Labute approximate surface area is 158 Å². The molecule has 0 spiro atoms. The molecule has 1 amide bonds. The zero-order valence-electron chi connectivity index (χ0n) is 15.6. The van der Waals surface area contributed by atoms with Gasteiger partial charge in [-0.25, -0.2) is 4.39 Å². The summed E-state index contributed by atoms with van der Waals surface area (Å²) >= 11 is 0. The van der Waals surface area contributed by atoms with E-state index >= 15 is 0 Å². The average molecular weight is 368 g/mol. The number of rotatable bonds is 5. The minimum atomic E-state index is -0.351. The van der Waals surface area contributed by atoms with Gasteiger partial charge in [0.25, 0.3) is 5.91 Å². The highest BCUT2D eigenvalue weighted by atomic mass is 19.1. The SMILES string of the molecule is COc1cc(F)ccc1-c1c[nH]c(C(=O)NCC2C=C3CCCC(C3)C2)c1. The largest absolute Gasteiger partial charge is 0.496 e. The molecule has 0 saturated heterocycles. The van der Waals surface area contributed by atoms with Crippen molar-refractivity contribution in [3.05, 3.63) is 53.6 Å². The first-order chi connectivity index (χ1) is 13.1. The summed E-state index contributed by atoms with van der Waals surface area (Å²) in [5.41, 5.74) is 3.62. The summed E-state index contributed by atoms with van der Waals surface area (Å²) < 4.78 is 18.6. The quantitative estimate of drug-likeness (QED) is 0.752. The fraction of sp³-hybridized carbons (Fsp3) is 0.409. The van der Waals surface area contributed by atoms with Gasteiger partial charge in [0.1, 0.15) is 17.3 Å². The van der Waals surface area contributed by atoms with Gasteiger partial charge in [-0.15, -0.1) is 0 Å². The smallest absolute Gasteiger partial charge is 0.267 e. The van der Waals surface area contributed by atoms with Gasteiger partial charge in [-0.3, -0.25) is 4.79 Å². The van der Waals surface area contributed by atoms with E-state index in [-0.39, 0.29) is 11.7 Å². The molecule has 1 aromatic carbocycles. The van der Waals surface area contributed by atoms with Crippen LogP contribution in [0.3, 0.4) is 0 Å². The van der Waals surface area contributed by atoms with E-state index in [0.29, 0.717) is 23.9 Å². The molecule has 4 rings (SSSR count). The molecule has 1 fully saturated rings. The second kappa shape index (κ2) is 7.59. The summed E-state index contributed by atoms with van der Waals surface area (Å²) in [6, 6.07) is 6.17. The van der Waals surface area contributed by atoms with Crippen LogP contribution in [-0.4, -0.2) is 24.5 Å². The number of nitrogens with one attached hydrogen (secondary N) is 2. The Morgan fingerprint density at radius 1 is 1.37 bits per heavy atom. The molecule has 2 atom stereocenters. The van der Waals surface area contributed by atoms with Gasteiger partial charge in [-0.2, -0.15) is 0 Å². The Morgan fingerprint density at radius 2 is 2.26 bits per heavy atom. The lowest BCUT2D eigenvalue weighted by molar-refractivity contribution is 0.0942. The molecule has 0 aliphatic heterocycles. The number of hydrogen-bond donors (Lipinski definition) is 2. The van der Waals surface area contributed by atoms with Crippen molar-refractivity contribution in [1.29, 1.82) is 0 Å². The Bertz CT molecular complexity index is 871. The van der Waals surface area contributed by atoms with E-state index in [1.54, 1.807) is 23.9 Å². The van der Waals surface area contributed by atoms with Crippen LogP contribution in [-0.2, 0) is 0 Å². The third-order valence-electron chi connectivity index (χ3n) is 5.70. The lowest BCUT2D eigenvalue weighted by atomic mass is 9.74. The summed E-state index contributed by atoms with van der Waals surface area (Å²) in [4.78, 5) is 15.6. The summed E-state index contributed by atoms with van der Waals surface area (Å²) in [5, 5.41) is 3.05. The highest BCUT2D eigenvalue weighted by Crippen LogP contribution is 2.38. The molecule has 2 unspecified atom stereocenters. The first-order valence-electron chi connectivity index (χ1n) is 9.62. The zero-order valence-corrected chi connectivity index (χ0v) is 15.6. The first kappa shape index (κ1) is 17.8. The Kier molecular flexibility index (Phi) is 5.01. The number of ether oxygens (including phenoxy) is 1. The minimum Gasteiger partial charge on any atom is -0.496 e. The highest BCUT2D eigenvalue weighted by molar-refractivity contribution is 5.94. The van der Waals surface area contributed by atoms with Crippen molar-refractivity contribution < 1.29 is 13.9 Å². The number of H-pyrrole nitrogens is 1. The number of halogens is 1. The number of benzene rings is 1. The van der Waals surface area contributed by atoms with Crippen molar-refractivity contribution in [3.8, 4) is 16.9 Å². The van der Waals surface area contributed by atoms with Crippen molar-refractivity contribution in [2.45, 2.75) is 32.1 Å². The van der Waals surface area contributed by atoms with Crippen molar-refractivity contribution in [3.63, 3.8) is 0 Å². The van der Waals surface area contributed by atoms with E-state index in [1.807, 2.05) is 0 Å². The standard InChI is InChI=1S/C22H25FN2O2/c1-27-21-11-18(23)5-6-19(21)17-10-20(24-13-17)22(26)25-12-16-8-14-3-2-4-15(7-14)9-16/h5-6,8,10-11,13,15-16,24H,2-4,7,9,12H2,1H3,(H,25,26). The minimum absolute atomic E-state index is 0.114. The molecule has 142 valence electrons. The molecule has 2 aromatic rings. The monoisotopic (exact) mass is 368 g/mol. The summed E-state index contributed by atoms with van der Waals surface area (Å²) in [7, 11) is 1.51. The second-order valence-corrected chi connectivity index (χ2v) is 7.64. The van der Waals surface area contributed by atoms with Gasteiger partial charge in [0, 0.05) is 29.9 Å². The van der Waals surface area contributed by atoms with E-state index in [1.165, 1.54) is 51.3 Å². The molecule has 2 aliphatic rings. The maximum atomic E-state index is 13.4. The maximum absolute atomic E-state index is 13.4. The van der Waals surface area contributed by atoms with Crippen molar-refractivity contribution >= 4 is 5.91 Å². The van der Waals surface area contributed by atoms with Crippen LogP contribution >= 0.6 is 0 Å². The average Bonchev–Trinajstić information content (AvgIpc) is 3.15. The topological polar surface area (TPSA) is 54.1 Å². The number of fused-ring (bicyclic) bond motifs is 2. The van der Waals surface area contributed by atoms with E-state index < -0.39 is 0 Å². The Balaban J connectivity index is 1.42. The van der Waals surface area contributed by atoms with Gasteiger partial charge in [0.05, 0.1) is 7.11 Å². The second-order valence-electron chi connectivity index (χ2n) is 7.64. The zero-order chi connectivity index (χ0) is 18.8. The van der Waals surface area contributed by atoms with Crippen LogP contribution in [0.1, 0.15) is 42.6 Å². The first-order valence-corrected chi connectivity index (χ1v) is 9.62. The van der Waals surface area contributed by atoms with Crippen LogP contribution in [0, 0.1) is 17.7 Å². The van der Waals surface area contributed by atoms with E-state index in [2.05, 4.69) is 16.4 Å².